The number of nitrogens with zero attached hydrogens (tertiary/aromatic N) is 2. The van der Waals surface area contributed by atoms with Gasteiger partial charge in [0.15, 0.2) is 0 Å². The van der Waals surface area contributed by atoms with Crippen LogP contribution in [-0.2, 0) is 0 Å². The van der Waals surface area contributed by atoms with E-state index in [9.17, 15) is 4.79 Å². The Morgan fingerprint density at radius 2 is 1.68 bits per heavy atom. The second kappa shape index (κ2) is 7.18. The first-order valence-corrected chi connectivity index (χ1v) is 8.20. The summed E-state index contributed by atoms with van der Waals surface area (Å²) in [6, 6.07) is 19.5. The van der Waals surface area contributed by atoms with Crippen molar-refractivity contribution in [3.05, 3.63) is 88.7 Å². The van der Waals surface area contributed by atoms with Gasteiger partial charge in [-0.15, -0.1) is 0 Å². The minimum Gasteiger partial charge on any atom is -0.318 e. The first-order valence-electron chi connectivity index (χ1n) is 8.20. The van der Waals surface area contributed by atoms with E-state index >= 15 is 0 Å². The smallest absolute Gasteiger partial charge is 0.271 e. The summed E-state index contributed by atoms with van der Waals surface area (Å²) >= 11 is 0. The van der Waals surface area contributed by atoms with Crippen molar-refractivity contribution in [3.8, 4) is 5.69 Å². The number of hydrazone groups is 1. The standard InChI is InChI=1S/C21H21N3O/c1-15-9-11-20(12-10-15)24-16(2)13-19(17(24)3)14-22-23-21(25)18-7-5-4-6-8-18/h4-14H,1-3H3,(H,23,25)/b22-14-. The molecule has 1 amide bonds. The van der Waals surface area contributed by atoms with Crippen molar-refractivity contribution >= 4 is 12.1 Å². The minimum absolute atomic E-state index is 0.218. The van der Waals surface area contributed by atoms with Crippen molar-refractivity contribution in [2.24, 2.45) is 5.10 Å². The van der Waals surface area contributed by atoms with Gasteiger partial charge < -0.3 is 4.57 Å². The van der Waals surface area contributed by atoms with Crippen molar-refractivity contribution < 1.29 is 4.79 Å². The lowest BCUT2D eigenvalue weighted by Gasteiger charge is -2.09. The number of aryl methyl sites for hydroxylation is 2. The number of nitrogens with one attached hydrogen (secondary N) is 1. The van der Waals surface area contributed by atoms with Gasteiger partial charge in [0, 0.05) is 28.2 Å². The predicted octanol–water partition coefficient (Wildman–Crippen LogP) is 4.17. The van der Waals surface area contributed by atoms with E-state index in [0.717, 1.165) is 22.6 Å². The third kappa shape index (κ3) is 3.69. The first-order chi connectivity index (χ1) is 12.1. The van der Waals surface area contributed by atoms with Gasteiger partial charge in [-0.05, 0) is 51.1 Å². The number of amides is 1. The molecule has 0 aliphatic carbocycles. The van der Waals surface area contributed by atoms with Gasteiger partial charge in [0.25, 0.3) is 5.91 Å². The lowest BCUT2D eigenvalue weighted by molar-refractivity contribution is 0.0955. The molecule has 2 aromatic carbocycles. The maximum Gasteiger partial charge on any atom is 0.271 e. The van der Waals surface area contributed by atoms with E-state index in [1.807, 2.05) is 25.1 Å². The maximum absolute atomic E-state index is 12.0. The van der Waals surface area contributed by atoms with Crippen LogP contribution in [0, 0.1) is 20.8 Å². The lowest BCUT2D eigenvalue weighted by atomic mass is 10.2. The quantitative estimate of drug-likeness (QED) is 0.566. The summed E-state index contributed by atoms with van der Waals surface area (Å²) in [7, 11) is 0. The summed E-state index contributed by atoms with van der Waals surface area (Å²) in [5.74, 6) is -0.218. The highest BCUT2D eigenvalue weighted by Gasteiger charge is 2.09. The molecule has 0 bridgehead atoms. The van der Waals surface area contributed by atoms with Gasteiger partial charge in [0.05, 0.1) is 6.21 Å². The Balaban J connectivity index is 1.79. The Kier molecular flexibility index (Phi) is 4.80. The number of rotatable bonds is 4. The molecule has 25 heavy (non-hydrogen) atoms. The monoisotopic (exact) mass is 331 g/mol. The van der Waals surface area contributed by atoms with Crippen LogP contribution < -0.4 is 5.43 Å². The molecule has 0 aliphatic heterocycles. The fourth-order valence-corrected chi connectivity index (χ4v) is 2.82. The molecule has 1 N–H and O–H groups in total. The van der Waals surface area contributed by atoms with Crippen molar-refractivity contribution in [2.75, 3.05) is 0 Å². The summed E-state index contributed by atoms with van der Waals surface area (Å²) in [5, 5.41) is 4.10. The number of aromatic nitrogens is 1. The third-order valence-electron chi connectivity index (χ3n) is 4.17. The molecule has 0 radical (unpaired) electrons. The third-order valence-corrected chi connectivity index (χ3v) is 4.17. The molecule has 3 rings (SSSR count). The number of hydrogen-bond donors (Lipinski definition) is 1. The average Bonchev–Trinajstić information content (AvgIpc) is 2.90. The molecule has 0 aliphatic rings. The van der Waals surface area contributed by atoms with Crippen LogP contribution in [0.2, 0.25) is 0 Å². The summed E-state index contributed by atoms with van der Waals surface area (Å²) in [6.07, 6.45) is 1.69. The first kappa shape index (κ1) is 16.7. The van der Waals surface area contributed by atoms with E-state index in [4.69, 9.17) is 0 Å². The molecule has 0 unspecified atom stereocenters. The van der Waals surface area contributed by atoms with E-state index in [2.05, 4.69) is 59.3 Å². The highest BCUT2D eigenvalue weighted by Crippen LogP contribution is 2.20. The molecule has 1 aromatic heterocycles. The topological polar surface area (TPSA) is 46.4 Å². The zero-order chi connectivity index (χ0) is 17.8. The molecular weight excluding hydrogens is 310 g/mol. The zero-order valence-corrected chi connectivity index (χ0v) is 14.7. The van der Waals surface area contributed by atoms with E-state index in [1.54, 1.807) is 18.3 Å². The van der Waals surface area contributed by atoms with Gasteiger partial charge in [-0.3, -0.25) is 4.79 Å². The van der Waals surface area contributed by atoms with Crippen molar-refractivity contribution in [1.29, 1.82) is 0 Å². The Morgan fingerprint density at radius 1 is 1.00 bits per heavy atom. The van der Waals surface area contributed by atoms with Crippen LogP contribution in [0.3, 0.4) is 0 Å². The molecule has 0 saturated heterocycles. The van der Waals surface area contributed by atoms with Crippen LogP contribution >= 0.6 is 0 Å². The Hall–Kier alpha value is -3.14. The molecule has 1 heterocycles. The summed E-state index contributed by atoms with van der Waals surface area (Å²) in [4.78, 5) is 12.0. The Morgan fingerprint density at radius 3 is 2.36 bits per heavy atom. The molecular formula is C21H21N3O. The molecule has 0 atom stereocenters. The maximum atomic E-state index is 12.0. The zero-order valence-electron chi connectivity index (χ0n) is 14.7. The van der Waals surface area contributed by atoms with Crippen LogP contribution in [0.1, 0.15) is 32.9 Å². The van der Waals surface area contributed by atoms with Gasteiger partial charge in [-0.1, -0.05) is 35.9 Å². The predicted molar refractivity (Wildman–Crippen MR) is 101 cm³/mol. The van der Waals surface area contributed by atoms with Crippen LogP contribution in [0.4, 0.5) is 0 Å². The number of carbonyl (C=O) groups is 1. The summed E-state index contributed by atoms with van der Waals surface area (Å²) in [5.41, 5.74) is 8.69. The fourth-order valence-electron chi connectivity index (χ4n) is 2.82. The highest BCUT2D eigenvalue weighted by molar-refractivity contribution is 5.94. The molecule has 3 aromatic rings. The van der Waals surface area contributed by atoms with Crippen molar-refractivity contribution in [2.45, 2.75) is 20.8 Å². The molecule has 126 valence electrons. The number of carbonyl (C=O) groups excluding carboxylic acids is 1. The highest BCUT2D eigenvalue weighted by atomic mass is 16.2. The van der Waals surface area contributed by atoms with E-state index < -0.39 is 0 Å². The molecule has 0 fully saturated rings. The largest absolute Gasteiger partial charge is 0.318 e. The van der Waals surface area contributed by atoms with E-state index in [1.165, 1.54) is 5.56 Å². The van der Waals surface area contributed by atoms with Crippen LogP contribution in [0.15, 0.2) is 65.8 Å². The molecule has 0 saturated carbocycles. The van der Waals surface area contributed by atoms with Gasteiger partial charge in [-0.2, -0.15) is 5.10 Å². The number of benzene rings is 2. The van der Waals surface area contributed by atoms with E-state index in [-0.39, 0.29) is 5.91 Å². The van der Waals surface area contributed by atoms with Gasteiger partial charge in [0.2, 0.25) is 0 Å². The normalized spacial score (nSPS) is 11.0. The minimum atomic E-state index is -0.218. The Bertz CT molecular complexity index is 906. The number of hydrogen-bond acceptors (Lipinski definition) is 2. The Labute approximate surface area is 147 Å². The van der Waals surface area contributed by atoms with Crippen LogP contribution in [-0.4, -0.2) is 16.7 Å². The van der Waals surface area contributed by atoms with E-state index in [0.29, 0.717) is 5.56 Å². The second-order valence-electron chi connectivity index (χ2n) is 6.06. The van der Waals surface area contributed by atoms with Gasteiger partial charge in [-0.25, -0.2) is 5.43 Å². The summed E-state index contributed by atoms with van der Waals surface area (Å²) in [6.45, 7) is 6.19. The van der Waals surface area contributed by atoms with Crippen LogP contribution in [0.25, 0.3) is 5.69 Å². The fraction of sp³-hybridized carbons (Fsp3) is 0.143. The molecule has 4 heteroatoms. The van der Waals surface area contributed by atoms with Gasteiger partial charge in [0.1, 0.15) is 0 Å². The molecule has 0 spiro atoms. The van der Waals surface area contributed by atoms with Crippen LogP contribution in [0.5, 0.6) is 0 Å². The van der Waals surface area contributed by atoms with Crippen molar-refractivity contribution in [3.63, 3.8) is 0 Å². The lowest BCUT2D eigenvalue weighted by Crippen LogP contribution is -2.17. The summed E-state index contributed by atoms with van der Waals surface area (Å²) < 4.78 is 2.18. The van der Waals surface area contributed by atoms with Gasteiger partial charge >= 0.3 is 0 Å². The average molecular weight is 331 g/mol. The SMILES string of the molecule is Cc1ccc(-n2c(C)cc(/C=N\NC(=O)c3ccccc3)c2C)cc1. The van der Waals surface area contributed by atoms with Crippen molar-refractivity contribution in [1.82, 2.24) is 9.99 Å². The second-order valence-corrected chi connectivity index (χ2v) is 6.06. The molecule has 4 nitrogen and oxygen atoms in total.